The summed E-state index contributed by atoms with van der Waals surface area (Å²) in [7, 11) is 1.24. The molecule has 0 bridgehead atoms. The van der Waals surface area contributed by atoms with Crippen molar-refractivity contribution in [3.05, 3.63) is 93.5 Å². The minimum absolute atomic E-state index is 0. The van der Waals surface area contributed by atoms with Gasteiger partial charge in [0.1, 0.15) is 10.0 Å². The van der Waals surface area contributed by atoms with E-state index in [-0.39, 0.29) is 99.8 Å². The molecule has 13 nitrogen and oxygen atoms in total. The van der Waals surface area contributed by atoms with Crippen molar-refractivity contribution in [3.63, 3.8) is 0 Å². The van der Waals surface area contributed by atoms with Crippen LogP contribution in [-0.2, 0) is 4.74 Å². The summed E-state index contributed by atoms with van der Waals surface area (Å²) in [6.07, 6.45) is 3.22. The number of aromatic amines is 2. The maximum atomic E-state index is 12.5. The second kappa shape index (κ2) is 14.2. The molecule has 43 heavy (non-hydrogen) atoms. The number of nitrogens with zero attached hydrogens (tertiary/aromatic N) is 2. The van der Waals surface area contributed by atoms with Crippen molar-refractivity contribution in [2.24, 2.45) is 0 Å². The Labute approximate surface area is 293 Å². The predicted molar refractivity (Wildman–Crippen MR) is 157 cm³/mol. The molecule has 2 aromatic carbocycles. The number of methoxy groups -OCH3 is 1. The van der Waals surface area contributed by atoms with Gasteiger partial charge in [0.25, 0.3) is 0 Å². The Morgan fingerprint density at radius 2 is 1.19 bits per heavy atom. The number of para-hydroxylation sites is 2. The SMILES string of the molecule is COC(=O)c1nc(C(=O)c2c[nH]c3ccccc23)sc1N.Nc1sc(C(=O)c2c[nH]c3ccccc23)nc1C(=O)O.[K+].[OH-]. The van der Waals surface area contributed by atoms with Gasteiger partial charge < -0.3 is 36.8 Å². The van der Waals surface area contributed by atoms with E-state index in [0.717, 1.165) is 44.5 Å². The molecule has 0 unspecified atom stereocenters. The van der Waals surface area contributed by atoms with Gasteiger partial charge in [-0.05, 0) is 12.1 Å². The number of hydrogen-bond donors (Lipinski definition) is 5. The van der Waals surface area contributed by atoms with Gasteiger partial charge in [-0.1, -0.05) is 59.1 Å². The number of carboxylic acid groups (broad SMARTS) is 1. The fraction of sp³-hybridized carbons (Fsp3) is 0.0370. The average Bonchev–Trinajstić information content (AvgIpc) is 3.76. The number of aromatic carboxylic acids is 1. The smallest absolute Gasteiger partial charge is 0.870 e. The van der Waals surface area contributed by atoms with Crippen molar-refractivity contribution >= 4 is 78.0 Å². The third-order valence-corrected chi connectivity index (χ3v) is 7.71. The van der Waals surface area contributed by atoms with Crippen LogP contribution in [0.25, 0.3) is 21.8 Å². The van der Waals surface area contributed by atoms with Crippen molar-refractivity contribution in [1.82, 2.24) is 19.9 Å². The second-order valence-electron chi connectivity index (χ2n) is 8.41. The van der Waals surface area contributed by atoms with E-state index in [0.29, 0.717) is 11.1 Å². The molecule has 0 atom stereocenters. The first-order valence-electron chi connectivity index (χ1n) is 11.8. The second-order valence-corrected chi connectivity index (χ2v) is 10.5. The van der Waals surface area contributed by atoms with E-state index in [2.05, 4.69) is 24.7 Å². The van der Waals surface area contributed by atoms with Gasteiger partial charge in [0.15, 0.2) is 21.4 Å². The molecule has 4 heterocycles. The van der Waals surface area contributed by atoms with E-state index in [9.17, 15) is 19.2 Å². The number of rotatable bonds is 6. The van der Waals surface area contributed by atoms with E-state index in [4.69, 9.17) is 16.6 Å². The van der Waals surface area contributed by atoms with E-state index >= 15 is 0 Å². The van der Waals surface area contributed by atoms with Crippen LogP contribution in [-0.4, -0.2) is 61.1 Å². The molecule has 0 fully saturated rings. The maximum Gasteiger partial charge on any atom is 1.00 e. The van der Waals surface area contributed by atoms with Gasteiger partial charge in [-0.2, -0.15) is 0 Å². The van der Waals surface area contributed by atoms with Crippen molar-refractivity contribution in [1.29, 1.82) is 0 Å². The van der Waals surface area contributed by atoms with Crippen molar-refractivity contribution < 1.29 is 85.9 Å². The zero-order valence-electron chi connectivity index (χ0n) is 22.6. The van der Waals surface area contributed by atoms with Gasteiger partial charge in [-0.25, -0.2) is 19.6 Å². The summed E-state index contributed by atoms with van der Waals surface area (Å²) in [6.45, 7) is 0. The molecule has 6 aromatic rings. The topological polar surface area (TPSA) is 237 Å². The molecule has 0 spiro atoms. The average molecular weight is 645 g/mol. The minimum Gasteiger partial charge on any atom is -0.870 e. The van der Waals surface area contributed by atoms with E-state index < -0.39 is 11.9 Å². The van der Waals surface area contributed by atoms with Crippen molar-refractivity contribution in [3.8, 4) is 0 Å². The number of fused-ring (bicyclic) bond motifs is 2. The number of carboxylic acids is 1. The van der Waals surface area contributed by atoms with Gasteiger partial charge in [0.05, 0.1) is 18.2 Å². The first-order chi connectivity index (χ1) is 19.7. The summed E-state index contributed by atoms with van der Waals surface area (Å²) in [4.78, 5) is 61.1. The summed E-state index contributed by atoms with van der Waals surface area (Å²) in [6, 6.07) is 14.8. The van der Waals surface area contributed by atoms with Gasteiger partial charge >= 0.3 is 63.3 Å². The number of nitrogens with two attached hydrogens (primary N) is 2. The third kappa shape index (κ3) is 6.76. The zero-order chi connectivity index (χ0) is 29.3. The van der Waals surface area contributed by atoms with Gasteiger partial charge in [-0.15, -0.1) is 0 Å². The maximum absolute atomic E-state index is 12.5. The molecule has 0 amide bonds. The Morgan fingerprint density at radius 1 is 0.767 bits per heavy atom. The quantitative estimate of drug-likeness (QED) is 0.0980. The van der Waals surface area contributed by atoms with Crippen LogP contribution in [0.5, 0.6) is 0 Å². The van der Waals surface area contributed by atoms with Crippen molar-refractivity contribution in [2.75, 3.05) is 18.6 Å². The number of carbonyl (C=O) groups excluding carboxylic acids is 3. The number of carbonyl (C=O) groups is 4. The van der Waals surface area contributed by atoms with Crippen LogP contribution in [0.1, 0.15) is 51.7 Å². The summed E-state index contributed by atoms with van der Waals surface area (Å²) >= 11 is 1.86. The monoisotopic (exact) mass is 644 g/mol. The number of H-pyrrole nitrogens is 2. The van der Waals surface area contributed by atoms with Gasteiger partial charge in [0, 0.05) is 34.2 Å². The number of esters is 1. The number of hydrogen-bond acceptors (Lipinski definition) is 12. The molecular weight excluding hydrogens is 624 g/mol. The van der Waals surface area contributed by atoms with Crippen LogP contribution in [0.3, 0.4) is 0 Å². The number of anilines is 2. The largest absolute Gasteiger partial charge is 1.00 e. The molecule has 4 aromatic heterocycles. The first-order valence-corrected chi connectivity index (χ1v) is 13.4. The van der Waals surface area contributed by atoms with E-state index in [1.165, 1.54) is 7.11 Å². The number of aromatic nitrogens is 4. The Kier molecular flexibility index (Phi) is 11.1. The molecule has 8 N–H and O–H groups in total. The molecule has 0 aliphatic heterocycles. The molecule has 0 aliphatic carbocycles. The first kappa shape index (κ1) is 33.8. The number of ketones is 2. The molecule has 0 saturated carbocycles. The Hall–Kier alpha value is -3.74. The van der Waals surface area contributed by atoms with Crippen LogP contribution in [0.4, 0.5) is 10.0 Å². The molecule has 0 aliphatic rings. The number of thiazole rings is 2. The van der Waals surface area contributed by atoms with Crippen LogP contribution in [0.15, 0.2) is 60.9 Å². The summed E-state index contributed by atoms with van der Waals surface area (Å²) < 4.78 is 4.58. The van der Waals surface area contributed by atoms with Gasteiger partial charge in [-0.3, -0.25) is 9.59 Å². The fourth-order valence-electron chi connectivity index (χ4n) is 4.00. The van der Waals surface area contributed by atoms with Crippen LogP contribution in [0, 0.1) is 0 Å². The number of benzene rings is 2. The molecule has 214 valence electrons. The number of nitrogens with one attached hydrogen (secondary N) is 2. The van der Waals surface area contributed by atoms with Crippen LogP contribution in [0.2, 0.25) is 0 Å². The summed E-state index contributed by atoms with van der Waals surface area (Å²) in [5.41, 5.74) is 13.6. The molecule has 6 rings (SSSR count). The van der Waals surface area contributed by atoms with Crippen LogP contribution < -0.4 is 62.9 Å². The van der Waals surface area contributed by atoms with Gasteiger partial charge in [0.2, 0.25) is 11.6 Å². The van der Waals surface area contributed by atoms with Crippen LogP contribution >= 0.6 is 22.7 Å². The van der Waals surface area contributed by atoms with Crippen molar-refractivity contribution in [2.45, 2.75) is 0 Å². The standard InChI is InChI=1S/C14H11N3O3S.C13H9N3O3S.K.H2O/c1-20-14(19)10-12(15)21-13(17-10)11(18)8-6-16-9-5-3-2-4-7(8)9;14-11-9(13(18)19)16-12(20-11)10(17)7-5-15-8-4-2-1-3-6(7)8;;/h2-6,16H,15H2,1H3;1-5,15H,14H2,(H,18,19);;1H2/q;;+1;/p-1. The number of ether oxygens (including phenoxy) is 1. The predicted octanol–water partition coefficient (Wildman–Crippen LogP) is 1.19. The Balaban J connectivity index is 0.000000225. The van der Waals surface area contributed by atoms with E-state index in [1.54, 1.807) is 12.4 Å². The molecule has 0 saturated heterocycles. The Bertz CT molecular complexity index is 1980. The zero-order valence-corrected chi connectivity index (χ0v) is 27.3. The summed E-state index contributed by atoms with van der Waals surface area (Å²) in [5, 5.41) is 10.9. The number of nitrogen functional groups attached to an aromatic ring is 2. The van der Waals surface area contributed by atoms with E-state index in [1.807, 2.05) is 48.5 Å². The third-order valence-electron chi connectivity index (χ3n) is 5.94. The molecule has 0 radical (unpaired) electrons. The Morgan fingerprint density at radius 3 is 1.60 bits per heavy atom. The fourth-order valence-corrected chi connectivity index (χ4v) is 5.55. The normalized spacial score (nSPS) is 10.3. The summed E-state index contributed by atoms with van der Waals surface area (Å²) in [5.74, 6) is -2.51. The molecule has 16 heteroatoms. The molecular formula is C27H21KN6O7S2. The minimum atomic E-state index is -1.24.